The van der Waals surface area contributed by atoms with Crippen molar-refractivity contribution in [2.75, 3.05) is 31.6 Å². The lowest BCUT2D eigenvalue weighted by molar-refractivity contribution is -0.125. The van der Waals surface area contributed by atoms with Crippen molar-refractivity contribution in [2.45, 2.75) is 12.5 Å². The molecule has 0 aliphatic carbocycles. The quantitative estimate of drug-likeness (QED) is 0.826. The number of nitrogens with one attached hydrogen (secondary N) is 2. The van der Waals surface area contributed by atoms with Crippen LogP contribution in [0.2, 0.25) is 10.0 Å². The third-order valence-electron chi connectivity index (χ3n) is 3.65. The predicted octanol–water partition coefficient (Wildman–Crippen LogP) is 1.51. The highest BCUT2D eigenvalue weighted by Gasteiger charge is 2.29. The van der Waals surface area contributed by atoms with Crippen molar-refractivity contribution in [2.24, 2.45) is 4.99 Å². The van der Waals surface area contributed by atoms with Gasteiger partial charge in [0.15, 0.2) is 0 Å². The van der Waals surface area contributed by atoms with Crippen molar-refractivity contribution >= 4 is 46.7 Å². The Labute approximate surface area is 149 Å². The lowest BCUT2D eigenvalue weighted by atomic mass is 10.1. The van der Waals surface area contributed by atoms with E-state index in [2.05, 4.69) is 15.6 Å². The molecule has 0 saturated carbocycles. The Morgan fingerprint density at radius 1 is 1.25 bits per heavy atom. The number of nitrogens with zero attached hydrogens (tertiary/aromatic N) is 2. The zero-order chi connectivity index (χ0) is 17.1. The van der Waals surface area contributed by atoms with Crippen molar-refractivity contribution in [3.8, 4) is 0 Å². The van der Waals surface area contributed by atoms with Gasteiger partial charge in [0, 0.05) is 28.8 Å². The first kappa shape index (κ1) is 17.0. The second-order valence-electron chi connectivity index (χ2n) is 5.47. The summed E-state index contributed by atoms with van der Waals surface area (Å²) < 4.78 is 5.28. The minimum absolute atomic E-state index is 0.00598. The van der Waals surface area contributed by atoms with E-state index in [0.717, 1.165) is 0 Å². The summed E-state index contributed by atoms with van der Waals surface area (Å²) in [4.78, 5) is 30.6. The number of benzene rings is 1. The maximum Gasteiger partial charge on any atom is 0.249 e. The average molecular weight is 371 g/mol. The number of anilines is 1. The second-order valence-corrected chi connectivity index (χ2v) is 6.34. The fourth-order valence-corrected chi connectivity index (χ4v) is 3.04. The van der Waals surface area contributed by atoms with Crippen molar-refractivity contribution < 1.29 is 14.3 Å². The van der Waals surface area contributed by atoms with Crippen molar-refractivity contribution in [3.05, 3.63) is 28.2 Å². The van der Waals surface area contributed by atoms with Crippen LogP contribution >= 0.6 is 23.2 Å². The third kappa shape index (κ3) is 4.17. The van der Waals surface area contributed by atoms with Gasteiger partial charge in [-0.3, -0.25) is 14.9 Å². The Balaban J connectivity index is 1.74. The van der Waals surface area contributed by atoms with E-state index < -0.39 is 6.04 Å². The summed E-state index contributed by atoms with van der Waals surface area (Å²) in [6, 6.07) is 3.94. The molecule has 7 nitrogen and oxygen atoms in total. The number of hydrogen-bond donors (Lipinski definition) is 2. The minimum Gasteiger partial charge on any atom is -0.378 e. The Morgan fingerprint density at radius 3 is 2.58 bits per heavy atom. The lowest BCUT2D eigenvalue weighted by Gasteiger charge is -2.32. The van der Waals surface area contributed by atoms with Crippen LogP contribution in [0, 0.1) is 0 Å². The Hall–Kier alpha value is -1.83. The van der Waals surface area contributed by atoms with Gasteiger partial charge in [0.05, 0.1) is 19.6 Å². The number of amides is 2. The number of halogens is 2. The standard InChI is InChI=1S/C15H16Cl2N4O3/c16-9-5-10(17)7-11(6-9)18-14(23)12-8-13(22)20-15(19-12)21-1-3-24-4-2-21/h5-7,12H,1-4,8H2,(H,18,23)(H,19,20,22)/t12-/m0/s1. The molecule has 0 aromatic heterocycles. The maximum atomic E-state index is 12.4. The third-order valence-corrected chi connectivity index (χ3v) is 4.09. The number of rotatable bonds is 2. The van der Waals surface area contributed by atoms with E-state index in [1.807, 2.05) is 4.90 Å². The van der Waals surface area contributed by atoms with Crippen LogP contribution in [0.1, 0.15) is 6.42 Å². The molecule has 0 unspecified atom stereocenters. The topological polar surface area (TPSA) is 83.0 Å². The monoisotopic (exact) mass is 370 g/mol. The molecule has 2 aliphatic rings. The predicted molar refractivity (Wildman–Crippen MR) is 91.5 cm³/mol. The summed E-state index contributed by atoms with van der Waals surface area (Å²) in [5, 5.41) is 6.24. The summed E-state index contributed by atoms with van der Waals surface area (Å²) in [6.07, 6.45) is -0.00598. The summed E-state index contributed by atoms with van der Waals surface area (Å²) in [6.45, 7) is 2.37. The number of hydrogen-bond acceptors (Lipinski definition) is 5. The van der Waals surface area contributed by atoms with Crippen LogP contribution in [0.5, 0.6) is 0 Å². The molecule has 2 heterocycles. The smallest absolute Gasteiger partial charge is 0.249 e. The van der Waals surface area contributed by atoms with Crippen molar-refractivity contribution in [1.82, 2.24) is 10.2 Å². The molecule has 128 valence electrons. The van der Waals surface area contributed by atoms with E-state index in [0.29, 0.717) is 48.0 Å². The first-order chi connectivity index (χ1) is 11.5. The van der Waals surface area contributed by atoms with Crippen LogP contribution in [0.25, 0.3) is 0 Å². The maximum absolute atomic E-state index is 12.4. The first-order valence-corrected chi connectivity index (χ1v) is 8.24. The molecule has 9 heteroatoms. The Morgan fingerprint density at radius 2 is 1.92 bits per heavy atom. The van der Waals surface area contributed by atoms with Crippen LogP contribution in [0.15, 0.2) is 23.2 Å². The summed E-state index contributed by atoms with van der Waals surface area (Å²) >= 11 is 11.8. The number of morpholine rings is 1. The lowest BCUT2D eigenvalue weighted by Crippen LogP contribution is -2.53. The fourth-order valence-electron chi connectivity index (χ4n) is 2.52. The molecule has 24 heavy (non-hydrogen) atoms. The molecular formula is C15H16Cl2N4O3. The summed E-state index contributed by atoms with van der Waals surface area (Å²) in [5.41, 5.74) is 0.464. The number of carbonyl (C=O) groups excluding carboxylic acids is 2. The van der Waals surface area contributed by atoms with Crippen molar-refractivity contribution in [1.29, 1.82) is 0 Å². The van der Waals surface area contributed by atoms with E-state index in [1.165, 1.54) is 0 Å². The van der Waals surface area contributed by atoms with Crippen LogP contribution < -0.4 is 10.6 Å². The minimum atomic E-state index is -0.797. The molecule has 0 radical (unpaired) electrons. The Bertz CT molecular complexity index is 669. The normalized spacial score (nSPS) is 21.1. The van der Waals surface area contributed by atoms with E-state index in [1.54, 1.807) is 18.2 Å². The molecule has 3 rings (SSSR count). The molecule has 2 N–H and O–H groups in total. The molecule has 1 saturated heterocycles. The molecule has 2 amide bonds. The molecular weight excluding hydrogens is 355 g/mol. The highest BCUT2D eigenvalue weighted by Crippen LogP contribution is 2.23. The molecule has 1 aromatic rings. The molecule has 1 atom stereocenters. The zero-order valence-electron chi connectivity index (χ0n) is 12.7. The van der Waals surface area contributed by atoms with E-state index in [9.17, 15) is 9.59 Å². The highest BCUT2D eigenvalue weighted by atomic mass is 35.5. The van der Waals surface area contributed by atoms with E-state index in [-0.39, 0.29) is 18.2 Å². The van der Waals surface area contributed by atoms with Gasteiger partial charge >= 0.3 is 0 Å². The average Bonchev–Trinajstić information content (AvgIpc) is 2.54. The highest BCUT2D eigenvalue weighted by molar-refractivity contribution is 6.35. The summed E-state index contributed by atoms with van der Waals surface area (Å²) in [7, 11) is 0. The fraction of sp³-hybridized carbons (Fsp3) is 0.400. The van der Waals surface area contributed by atoms with Crippen molar-refractivity contribution in [3.63, 3.8) is 0 Å². The molecule has 1 fully saturated rings. The van der Waals surface area contributed by atoms with Crippen LogP contribution in [-0.2, 0) is 14.3 Å². The first-order valence-electron chi connectivity index (χ1n) is 7.48. The molecule has 2 aliphatic heterocycles. The van der Waals surface area contributed by atoms with Gasteiger partial charge in [0.1, 0.15) is 6.04 Å². The van der Waals surface area contributed by atoms with Gasteiger partial charge in [0.2, 0.25) is 17.8 Å². The van der Waals surface area contributed by atoms with E-state index in [4.69, 9.17) is 27.9 Å². The van der Waals surface area contributed by atoms with Gasteiger partial charge in [-0.05, 0) is 18.2 Å². The molecule has 0 bridgehead atoms. The zero-order valence-corrected chi connectivity index (χ0v) is 14.2. The van der Waals surface area contributed by atoms with Gasteiger partial charge < -0.3 is 15.0 Å². The number of aliphatic imine (C=N–C) groups is 1. The van der Waals surface area contributed by atoms with Crippen LogP contribution in [-0.4, -0.2) is 55.0 Å². The number of carbonyl (C=O) groups is 2. The molecule has 1 aromatic carbocycles. The summed E-state index contributed by atoms with van der Waals surface area (Å²) in [5.74, 6) is -0.205. The Kier molecular flexibility index (Phi) is 5.23. The van der Waals surface area contributed by atoms with Gasteiger partial charge in [-0.25, -0.2) is 4.99 Å². The van der Waals surface area contributed by atoms with Gasteiger partial charge in [-0.2, -0.15) is 0 Å². The SMILES string of the molecule is O=C1C[C@@H](C(=O)Nc2cc(Cl)cc(Cl)c2)N=C(N2CCOCC2)N1. The van der Waals surface area contributed by atoms with Crippen LogP contribution in [0.4, 0.5) is 5.69 Å². The van der Waals surface area contributed by atoms with E-state index >= 15 is 0 Å². The number of guanidine groups is 1. The van der Waals surface area contributed by atoms with Gasteiger partial charge in [-0.15, -0.1) is 0 Å². The largest absolute Gasteiger partial charge is 0.378 e. The molecule has 0 spiro atoms. The van der Waals surface area contributed by atoms with Gasteiger partial charge in [0.25, 0.3) is 0 Å². The number of ether oxygens (including phenoxy) is 1. The van der Waals surface area contributed by atoms with Crippen LogP contribution in [0.3, 0.4) is 0 Å². The van der Waals surface area contributed by atoms with Gasteiger partial charge in [-0.1, -0.05) is 23.2 Å². The second kappa shape index (κ2) is 7.38.